The molecule has 0 aromatic heterocycles. The Labute approximate surface area is 190 Å². The van der Waals surface area contributed by atoms with Gasteiger partial charge >= 0.3 is 0 Å². The van der Waals surface area contributed by atoms with Crippen molar-refractivity contribution in [1.82, 2.24) is 0 Å². The van der Waals surface area contributed by atoms with Crippen LogP contribution in [0.2, 0.25) is 0 Å². The van der Waals surface area contributed by atoms with Crippen molar-refractivity contribution in [2.45, 2.75) is 26.7 Å². The van der Waals surface area contributed by atoms with Gasteiger partial charge in [0.15, 0.2) is 0 Å². The third-order valence-electron chi connectivity index (χ3n) is 4.99. The maximum Gasteiger partial charge on any atom is 0.134 e. The van der Waals surface area contributed by atoms with Crippen molar-refractivity contribution in [3.05, 3.63) is 66.2 Å². The lowest BCUT2D eigenvalue weighted by Gasteiger charge is -2.18. The Balaban J connectivity index is 1.91. The van der Waals surface area contributed by atoms with Crippen molar-refractivity contribution < 1.29 is 24.4 Å². The molecule has 5 nitrogen and oxygen atoms in total. The van der Waals surface area contributed by atoms with Crippen LogP contribution in [-0.2, 0) is 0 Å². The van der Waals surface area contributed by atoms with Gasteiger partial charge in [-0.2, -0.15) is 0 Å². The molecule has 0 spiro atoms. The van der Waals surface area contributed by atoms with E-state index < -0.39 is 0 Å². The molecule has 0 unspecified atom stereocenters. The Kier molecular flexibility index (Phi) is 8.96. The molecule has 2 N–H and O–H groups in total. The first kappa shape index (κ1) is 23.6. The molecule has 0 bridgehead atoms. The molecular formula is C27H32O5. The fraction of sp³-hybridized carbons (Fsp3) is 0.333. The van der Waals surface area contributed by atoms with Gasteiger partial charge in [0.1, 0.15) is 17.2 Å². The first-order chi connectivity index (χ1) is 15.7. The minimum atomic E-state index is 0.123. The Hall–Kier alpha value is -3.02. The van der Waals surface area contributed by atoms with E-state index >= 15 is 0 Å². The Bertz CT molecular complexity index is 890. The summed E-state index contributed by atoms with van der Waals surface area (Å²) in [4.78, 5) is 0. The second-order valence-corrected chi connectivity index (χ2v) is 7.52. The number of hydrogen-bond acceptors (Lipinski definition) is 5. The number of benzene rings is 3. The Morgan fingerprint density at radius 2 is 1.09 bits per heavy atom. The predicted octanol–water partition coefficient (Wildman–Crippen LogP) is 5.25. The summed E-state index contributed by atoms with van der Waals surface area (Å²) in [5, 5.41) is 17.8. The van der Waals surface area contributed by atoms with Crippen LogP contribution in [-0.4, -0.2) is 43.2 Å². The van der Waals surface area contributed by atoms with E-state index in [0.717, 1.165) is 45.1 Å². The SMILES string of the molecule is CCOc1c(-c2ccc(OCCCO)cc2)cc(C)cc1-c1ccc(OCCCO)cc1. The van der Waals surface area contributed by atoms with E-state index in [1.807, 2.05) is 55.5 Å². The van der Waals surface area contributed by atoms with Crippen LogP contribution in [0.1, 0.15) is 25.3 Å². The summed E-state index contributed by atoms with van der Waals surface area (Å²) in [7, 11) is 0. The van der Waals surface area contributed by atoms with E-state index in [0.29, 0.717) is 32.7 Å². The van der Waals surface area contributed by atoms with Gasteiger partial charge < -0.3 is 24.4 Å². The molecule has 0 atom stereocenters. The molecule has 3 aromatic carbocycles. The lowest BCUT2D eigenvalue weighted by Crippen LogP contribution is -2.00. The fourth-order valence-corrected chi connectivity index (χ4v) is 3.47. The second-order valence-electron chi connectivity index (χ2n) is 7.52. The lowest BCUT2D eigenvalue weighted by atomic mass is 9.94. The summed E-state index contributed by atoms with van der Waals surface area (Å²) in [5.41, 5.74) is 5.32. The molecule has 0 fully saturated rings. The van der Waals surface area contributed by atoms with Gasteiger partial charge in [0.05, 0.1) is 19.8 Å². The number of ether oxygens (including phenoxy) is 3. The fourth-order valence-electron chi connectivity index (χ4n) is 3.47. The standard InChI is InChI=1S/C27H32O5/c1-3-30-27-25(21-6-10-23(11-7-21)31-16-4-14-28)18-20(2)19-26(27)22-8-12-24(13-9-22)32-17-5-15-29/h6-13,18-19,28-29H,3-5,14-17H2,1-2H3. The molecule has 5 heteroatoms. The van der Waals surface area contributed by atoms with Crippen molar-refractivity contribution in [3.8, 4) is 39.5 Å². The van der Waals surface area contributed by atoms with E-state index in [1.54, 1.807) is 0 Å². The first-order valence-corrected chi connectivity index (χ1v) is 11.1. The maximum absolute atomic E-state index is 8.92. The van der Waals surface area contributed by atoms with E-state index in [4.69, 9.17) is 24.4 Å². The van der Waals surface area contributed by atoms with E-state index in [9.17, 15) is 0 Å². The highest BCUT2D eigenvalue weighted by atomic mass is 16.5. The molecule has 0 aliphatic carbocycles. The van der Waals surface area contributed by atoms with Crippen LogP contribution in [0.25, 0.3) is 22.3 Å². The van der Waals surface area contributed by atoms with Crippen molar-refractivity contribution in [2.75, 3.05) is 33.0 Å². The molecule has 0 saturated heterocycles. The molecule has 0 aliphatic heterocycles. The minimum Gasteiger partial charge on any atom is -0.494 e. The van der Waals surface area contributed by atoms with Crippen molar-refractivity contribution in [1.29, 1.82) is 0 Å². The summed E-state index contributed by atoms with van der Waals surface area (Å²) < 4.78 is 17.5. The van der Waals surface area contributed by atoms with Crippen LogP contribution in [0.5, 0.6) is 17.2 Å². The van der Waals surface area contributed by atoms with Crippen LogP contribution in [0.3, 0.4) is 0 Å². The lowest BCUT2D eigenvalue weighted by molar-refractivity contribution is 0.233. The quantitative estimate of drug-likeness (QED) is 0.380. The average Bonchev–Trinajstić information content (AvgIpc) is 2.81. The zero-order valence-electron chi connectivity index (χ0n) is 18.8. The van der Waals surface area contributed by atoms with Crippen molar-refractivity contribution in [2.24, 2.45) is 0 Å². The van der Waals surface area contributed by atoms with Gasteiger partial charge in [-0.05, 0) is 66.9 Å². The molecule has 170 valence electrons. The largest absolute Gasteiger partial charge is 0.494 e. The topological polar surface area (TPSA) is 68.2 Å². The van der Waals surface area contributed by atoms with Crippen LogP contribution in [0.4, 0.5) is 0 Å². The molecule has 0 aliphatic rings. The molecule has 32 heavy (non-hydrogen) atoms. The van der Waals surface area contributed by atoms with E-state index in [-0.39, 0.29) is 13.2 Å². The van der Waals surface area contributed by atoms with Gasteiger partial charge in [-0.25, -0.2) is 0 Å². The van der Waals surface area contributed by atoms with Crippen LogP contribution in [0, 0.1) is 6.92 Å². The summed E-state index contributed by atoms with van der Waals surface area (Å²) in [6.07, 6.45) is 1.23. The zero-order valence-corrected chi connectivity index (χ0v) is 18.8. The summed E-state index contributed by atoms with van der Waals surface area (Å²) in [6, 6.07) is 20.2. The van der Waals surface area contributed by atoms with Gasteiger partial charge in [-0.15, -0.1) is 0 Å². The zero-order chi connectivity index (χ0) is 22.8. The number of hydrogen-bond donors (Lipinski definition) is 2. The Morgan fingerprint density at radius 1 is 0.656 bits per heavy atom. The number of aryl methyl sites for hydroxylation is 1. The number of aliphatic hydroxyl groups is 2. The number of rotatable bonds is 12. The molecule has 0 heterocycles. The Morgan fingerprint density at radius 3 is 1.47 bits per heavy atom. The van der Waals surface area contributed by atoms with Gasteiger partial charge in [0.2, 0.25) is 0 Å². The first-order valence-electron chi connectivity index (χ1n) is 11.1. The van der Waals surface area contributed by atoms with Gasteiger partial charge in [-0.1, -0.05) is 24.3 Å². The molecule has 3 aromatic rings. The summed E-state index contributed by atoms with van der Waals surface area (Å²) >= 11 is 0. The summed E-state index contributed by atoms with van der Waals surface area (Å²) in [6.45, 7) is 5.87. The highest BCUT2D eigenvalue weighted by Gasteiger charge is 2.15. The number of aliphatic hydroxyl groups excluding tert-OH is 2. The van der Waals surface area contributed by atoms with Crippen molar-refractivity contribution >= 4 is 0 Å². The molecular weight excluding hydrogens is 404 g/mol. The smallest absolute Gasteiger partial charge is 0.134 e. The minimum absolute atomic E-state index is 0.123. The normalized spacial score (nSPS) is 10.8. The van der Waals surface area contributed by atoms with Gasteiger partial charge in [0, 0.05) is 37.2 Å². The van der Waals surface area contributed by atoms with E-state index in [1.165, 1.54) is 0 Å². The van der Waals surface area contributed by atoms with Crippen LogP contribution in [0.15, 0.2) is 60.7 Å². The molecule has 0 saturated carbocycles. The molecule has 3 rings (SSSR count). The average molecular weight is 437 g/mol. The second kappa shape index (κ2) is 12.1. The van der Waals surface area contributed by atoms with Crippen molar-refractivity contribution in [3.63, 3.8) is 0 Å². The van der Waals surface area contributed by atoms with Gasteiger partial charge in [0.25, 0.3) is 0 Å². The summed E-state index contributed by atoms with van der Waals surface area (Å²) in [5.74, 6) is 2.41. The predicted molar refractivity (Wildman–Crippen MR) is 128 cm³/mol. The maximum atomic E-state index is 8.92. The molecule has 0 amide bonds. The highest BCUT2D eigenvalue weighted by Crippen LogP contribution is 2.41. The van der Waals surface area contributed by atoms with Crippen LogP contribution >= 0.6 is 0 Å². The van der Waals surface area contributed by atoms with E-state index in [2.05, 4.69) is 19.1 Å². The third kappa shape index (κ3) is 6.25. The van der Waals surface area contributed by atoms with Crippen LogP contribution < -0.4 is 14.2 Å². The molecule has 0 radical (unpaired) electrons. The third-order valence-corrected chi connectivity index (χ3v) is 4.99. The van der Waals surface area contributed by atoms with Gasteiger partial charge in [-0.3, -0.25) is 0 Å². The monoisotopic (exact) mass is 436 g/mol. The highest BCUT2D eigenvalue weighted by molar-refractivity contribution is 5.83.